The zero-order chi connectivity index (χ0) is 21.9. The highest BCUT2D eigenvalue weighted by atomic mass is 16.4. The number of aliphatic carboxylic acids is 1. The molecule has 0 aromatic heterocycles. The minimum atomic E-state index is -1.09. The van der Waals surface area contributed by atoms with Crippen molar-refractivity contribution in [2.45, 2.75) is 24.9 Å². The summed E-state index contributed by atoms with van der Waals surface area (Å²) in [5.74, 6) is -1.09. The van der Waals surface area contributed by atoms with Crippen LogP contribution in [-0.2, 0) is 17.6 Å². The second-order valence-electron chi connectivity index (χ2n) is 7.56. The lowest BCUT2D eigenvalue weighted by Crippen LogP contribution is -2.55. The highest BCUT2D eigenvalue weighted by molar-refractivity contribution is 5.83. The number of likely N-dealkylation sites (N-methyl/N-ethyl adjacent to an activating group) is 1. The number of hydrogen-bond donors (Lipinski definition) is 3. The van der Waals surface area contributed by atoms with Crippen LogP contribution in [0.4, 0.5) is 4.79 Å². The van der Waals surface area contributed by atoms with Gasteiger partial charge in [0.25, 0.3) is 0 Å². The van der Waals surface area contributed by atoms with E-state index in [1.165, 1.54) is 4.90 Å². The first kappa shape index (κ1) is 23.4. The average Bonchev–Trinajstić information content (AvgIpc) is 2.73. The maximum absolute atomic E-state index is 13.1. The number of urea groups is 1. The number of hydrogen-bond acceptors (Lipinski definition) is 4. The van der Waals surface area contributed by atoms with Gasteiger partial charge in [0.15, 0.2) is 0 Å². The van der Waals surface area contributed by atoms with E-state index in [9.17, 15) is 19.8 Å². The number of aliphatic hydroxyl groups excluding tert-OH is 1. The van der Waals surface area contributed by atoms with E-state index in [2.05, 4.69) is 5.32 Å². The van der Waals surface area contributed by atoms with Crippen LogP contribution in [0.5, 0.6) is 0 Å². The molecule has 2 aromatic carbocycles. The number of carboxylic acids is 1. The summed E-state index contributed by atoms with van der Waals surface area (Å²) in [5, 5.41) is 22.2. The number of benzene rings is 2. The first-order valence-corrected chi connectivity index (χ1v) is 10.0. The number of nitrogens with one attached hydrogen (secondary N) is 1. The Labute approximate surface area is 177 Å². The smallest absolute Gasteiger partial charge is 0.326 e. The molecule has 7 nitrogen and oxygen atoms in total. The second-order valence-corrected chi connectivity index (χ2v) is 7.56. The van der Waals surface area contributed by atoms with E-state index < -0.39 is 24.1 Å². The summed E-state index contributed by atoms with van der Waals surface area (Å²) in [6, 6.07) is 16.9. The monoisotopic (exact) mass is 413 g/mol. The highest BCUT2D eigenvalue weighted by Gasteiger charge is 2.28. The van der Waals surface area contributed by atoms with Crippen LogP contribution >= 0.6 is 0 Å². The molecule has 0 fully saturated rings. The Balaban J connectivity index is 2.14. The largest absolute Gasteiger partial charge is 0.480 e. The lowest BCUT2D eigenvalue weighted by molar-refractivity contribution is -0.139. The Kier molecular flexibility index (Phi) is 9.31. The molecule has 0 unspecified atom stereocenters. The van der Waals surface area contributed by atoms with Gasteiger partial charge in [-0.3, -0.25) is 0 Å². The first-order chi connectivity index (χ1) is 14.4. The predicted molar refractivity (Wildman–Crippen MR) is 116 cm³/mol. The molecular formula is C23H31N3O4. The Hall–Kier alpha value is -2.90. The normalized spacial score (nSPS) is 12.9. The molecule has 0 aliphatic rings. The lowest BCUT2D eigenvalue weighted by Gasteiger charge is -2.33. The molecule has 0 saturated heterocycles. The highest BCUT2D eigenvalue weighted by Crippen LogP contribution is 2.09. The SMILES string of the molecule is CN(C)C[C@@H](CO)N(CCc1ccccc1)C(=O)N[C@@H](Cc1ccccc1)C(=O)O. The summed E-state index contributed by atoms with van der Waals surface area (Å²) in [6.07, 6.45) is 0.792. The number of carboxylic acid groups (broad SMARTS) is 1. The lowest BCUT2D eigenvalue weighted by atomic mass is 10.1. The standard InChI is InChI=1S/C23H31N3O4/c1-25(2)16-20(17-27)26(14-13-18-9-5-3-6-10-18)23(30)24-21(22(28)29)15-19-11-7-4-8-12-19/h3-12,20-21,27H,13-17H2,1-2H3,(H,24,30)(H,28,29)/t20-,21-/m0/s1. The molecule has 0 saturated carbocycles. The molecular weight excluding hydrogens is 382 g/mol. The quantitative estimate of drug-likeness (QED) is 0.523. The van der Waals surface area contributed by atoms with Crippen molar-refractivity contribution in [2.75, 3.05) is 33.8 Å². The molecule has 3 N–H and O–H groups in total. The Morgan fingerprint density at radius 1 is 0.967 bits per heavy atom. The van der Waals surface area contributed by atoms with Crippen molar-refractivity contribution in [3.05, 3.63) is 71.8 Å². The molecule has 2 aromatic rings. The van der Waals surface area contributed by atoms with E-state index in [4.69, 9.17) is 0 Å². The maximum atomic E-state index is 13.1. The van der Waals surface area contributed by atoms with Crippen LogP contribution in [0, 0.1) is 0 Å². The number of carbonyl (C=O) groups excluding carboxylic acids is 1. The van der Waals surface area contributed by atoms with Crippen LogP contribution in [0.3, 0.4) is 0 Å². The Bertz CT molecular complexity index is 784. The molecule has 2 atom stereocenters. The van der Waals surface area contributed by atoms with E-state index in [0.29, 0.717) is 19.5 Å². The average molecular weight is 414 g/mol. The molecule has 0 bridgehead atoms. The van der Waals surface area contributed by atoms with Crippen LogP contribution in [0.1, 0.15) is 11.1 Å². The fraction of sp³-hybridized carbons (Fsp3) is 0.391. The zero-order valence-electron chi connectivity index (χ0n) is 17.6. The van der Waals surface area contributed by atoms with Crippen molar-refractivity contribution in [1.82, 2.24) is 15.1 Å². The fourth-order valence-corrected chi connectivity index (χ4v) is 3.30. The summed E-state index contributed by atoms with van der Waals surface area (Å²) < 4.78 is 0. The van der Waals surface area contributed by atoms with Crippen molar-refractivity contribution < 1.29 is 19.8 Å². The van der Waals surface area contributed by atoms with Crippen molar-refractivity contribution in [3.8, 4) is 0 Å². The predicted octanol–water partition coefficient (Wildman–Crippen LogP) is 1.86. The van der Waals surface area contributed by atoms with Crippen LogP contribution in [-0.4, -0.2) is 77.9 Å². The Morgan fingerprint density at radius 3 is 2.03 bits per heavy atom. The Morgan fingerprint density at radius 2 is 1.53 bits per heavy atom. The number of rotatable bonds is 11. The van der Waals surface area contributed by atoms with Crippen LogP contribution in [0.15, 0.2) is 60.7 Å². The number of carbonyl (C=O) groups is 2. The van der Waals surface area contributed by atoms with E-state index in [-0.39, 0.29) is 13.0 Å². The van der Waals surface area contributed by atoms with Crippen molar-refractivity contribution in [1.29, 1.82) is 0 Å². The van der Waals surface area contributed by atoms with Gasteiger partial charge in [-0.2, -0.15) is 0 Å². The minimum absolute atomic E-state index is 0.186. The van der Waals surface area contributed by atoms with E-state index in [0.717, 1.165) is 11.1 Å². The fourth-order valence-electron chi connectivity index (χ4n) is 3.30. The topological polar surface area (TPSA) is 93.1 Å². The summed E-state index contributed by atoms with van der Waals surface area (Å²) in [4.78, 5) is 28.3. The third-order valence-electron chi connectivity index (χ3n) is 4.85. The van der Waals surface area contributed by atoms with Crippen molar-refractivity contribution in [2.24, 2.45) is 0 Å². The van der Waals surface area contributed by atoms with Gasteiger partial charge in [-0.1, -0.05) is 60.7 Å². The molecule has 0 aliphatic carbocycles. The second kappa shape index (κ2) is 11.9. The molecule has 0 heterocycles. The van der Waals surface area contributed by atoms with Gasteiger partial charge in [0.1, 0.15) is 6.04 Å². The molecule has 0 radical (unpaired) electrons. The van der Waals surface area contributed by atoms with Crippen molar-refractivity contribution >= 4 is 12.0 Å². The van der Waals surface area contributed by atoms with E-state index >= 15 is 0 Å². The summed E-state index contributed by atoms with van der Waals surface area (Å²) in [7, 11) is 3.73. The van der Waals surface area contributed by atoms with Crippen LogP contribution in [0.2, 0.25) is 0 Å². The van der Waals surface area contributed by atoms with E-state index in [1.54, 1.807) is 0 Å². The maximum Gasteiger partial charge on any atom is 0.326 e. The van der Waals surface area contributed by atoms with Gasteiger partial charge < -0.3 is 25.3 Å². The van der Waals surface area contributed by atoms with Gasteiger partial charge >= 0.3 is 12.0 Å². The molecule has 162 valence electrons. The molecule has 30 heavy (non-hydrogen) atoms. The summed E-state index contributed by atoms with van der Waals surface area (Å²) in [6.45, 7) is 0.624. The molecule has 0 spiro atoms. The molecule has 2 amide bonds. The van der Waals surface area contributed by atoms with Crippen LogP contribution < -0.4 is 5.32 Å². The van der Waals surface area contributed by atoms with Gasteiger partial charge in [-0.15, -0.1) is 0 Å². The summed E-state index contributed by atoms with van der Waals surface area (Å²) >= 11 is 0. The molecule has 0 aliphatic heterocycles. The number of aliphatic hydroxyl groups is 1. The third kappa shape index (κ3) is 7.50. The zero-order valence-corrected chi connectivity index (χ0v) is 17.6. The first-order valence-electron chi connectivity index (χ1n) is 10.0. The van der Waals surface area contributed by atoms with Crippen molar-refractivity contribution in [3.63, 3.8) is 0 Å². The van der Waals surface area contributed by atoms with Gasteiger partial charge in [0.2, 0.25) is 0 Å². The van der Waals surface area contributed by atoms with Crippen LogP contribution in [0.25, 0.3) is 0 Å². The van der Waals surface area contributed by atoms with Gasteiger partial charge in [0.05, 0.1) is 12.6 Å². The molecule has 7 heteroatoms. The van der Waals surface area contributed by atoms with Gasteiger partial charge in [-0.05, 0) is 31.6 Å². The van der Waals surface area contributed by atoms with Gasteiger partial charge in [0, 0.05) is 19.5 Å². The van der Waals surface area contributed by atoms with Gasteiger partial charge in [-0.25, -0.2) is 9.59 Å². The minimum Gasteiger partial charge on any atom is -0.480 e. The third-order valence-corrected chi connectivity index (χ3v) is 4.85. The number of amides is 2. The molecule has 2 rings (SSSR count). The van der Waals surface area contributed by atoms with E-state index in [1.807, 2.05) is 79.7 Å². The number of nitrogens with zero attached hydrogens (tertiary/aromatic N) is 2. The summed E-state index contributed by atoms with van der Waals surface area (Å²) in [5.41, 5.74) is 1.89.